The quantitative estimate of drug-likeness (QED) is 0.112. The van der Waals surface area contributed by atoms with Gasteiger partial charge in [-0.1, -0.05) is 70.6 Å². The lowest BCUT2D eigenvalue weighted by molar-refractivity contribution is -0.135. The van der Waals surface area contributed by atoms with Gasteiger partial charge in [-0.25, -0.2) is 0 Å². The molecule has 0 aliphatic carbocycles. The van der Waals surface area contributed by atoms with E-state index in [0.717, 1.165) is 44.3 Å². The maximum Gasteiger partial charge on any atom is 0.389 e. The van der Waals surface area contributed by atoms with Crippen LogP contribution in [0.3, 0.4) is 0 Å². The van der Waals surface area contributed by atoms with Crippen molar-refractivity contribution in [1.29, 1.82) is 0 Å². The Morgan fingerprint density at radius 3 is 1.49 bits per heavy atom. The monoisotopic (exact) mass is 497 g/mol. The molecule has 1 aromatic rings. The smallest absolute Gasteiger partial charge is 0.385 e. The summed E-state index contributed by atoms with van der Waals surface area (Å²) in [6, 6.07) is 6.90. The van der Waals surface area contributed by atoms with E-state index in [9.17, 15) is 27.6 Å². The summed E-state index contributed by atoms with van der Waals surface area (Å²) in [5, 5.41) is 3.34. The molecule has 0 unspecified atom stereocenters. The molecule has 35 heavy (non-hydrogen) atoms. The van der Waals surface area contributed by atoms with E-state index >= 15 is 0 Å². The number of unbranched alkanes of at least 4 members (excludes halogenated alkanes) is 12. The Labute approximate surface area is 208 Å². The molecule has 0 saturated carbocycles. The fraction of sp³-hybridized carbons (Fsp3) is 0.679. The van der Waals surface area contributed by atoms with Crippen molar-refractivity contribution >= 4 is 23.0 Å². The number of ketones is 3. The number of benzene rings is 1. The Balaban J connectivity index is 2.00. The van der Waals surface area contributed by atoms with E-state index in [2.05, 4.69) is 5.32 Å². The van der Waals surface area contributed by atoms with E-state index in [1.165, 1.54) is 52.4 Å². The Morgan fingerprint density at radius 1 is 0.686 bits per heavy atom. The van der Waals surface area contributed by atoms with Crippen molar-refractivity contribution in [2.45, 2.75) is 110 Å². The molecule has 1 N–H and O–H groups in total. The van der Waals surface area contributed by atoms with Gasteiger partial charge in [0.15, 0.2) is 5.78 Å². The van der Waals surface area contributed by atoms with E-state index in [1.54, 1.807) is 24.3 Å². The van der Waals surface area contributed by atoms with Gasteiger partial charge >= 0.3 is 6.18 Å². The molecule has 0 spiro atoms. The standard InChI is InChI=1S/C28H42F3NO3/c1-22(33)26(23(2)34)27(35)24-16-18-25(19-17-24)32-21-15-13-11-9-7-5-3-4-6-8-10-12-14-20-28(29,30)31/h16-19,26,32H,3-15,20-21H2,1-2H3. The lowest BCUT2D eigenvalue weighted by atomic mass is 9.91. The summed E-state index contributed by atoms with van der Waals surface area (Å²) >= 11 is 0. The van der Waals surface area contributed by atoms with Crippen LogP contribution < -0.4 is 5.32 Å². The highest BCUT2D eigenvalue weighted by Gasteiger charge is 2.28. The molecule has 0 aromatic heterocycles. The molecule has 0 fully saturated rings. The van der Waals surface area contributed by atoms with Gasteiger partial charge in [-0.15, -0.1) is 0 Å². The molecular weight excluding hydrogens is 455 g/mol. The van der Waals surface area contributed by atoms with Crippen LogP contribution in [0.2, 0.25) is 0 Å². The number of carbonyl (C=O) groups excluding carboxylic acids is 3. The minimum atomic E-state index is -4.01. The summed E-state index contributed by atoms with van der Waals surface area (Å²) in [4.78, 5) is 35.5. The Kier molecular flexibility index (Phi) is 15.2. The second-order valence-electron chi connectivity index (χ2n) is 9.48. The Morgan fingerprint density at radius 2 is 1.09 bits per heavy atom. The number of carbonyl (C=O) groups is 3. The predicted molar refractivity (Wildman–Crippen MR) is 135 cm³/mol. The van der Waals surface area contributed by atoms with Gasteiger partial charge in [-0.2, -0.15) is 13.2 Å². The summed E-state index contributed by atoms with van der Waals surface area (Å²) in [6.45, 7) is 3.37. The van der Waals surface area contributed by atoms with E-state index in [4.69, 9.17) is 0 Å². The number of rotatable bonds is 20. The molecule has 0 atom stereocenters. The van der Waals surface area contributed by atoms with Crippen LogP contribution in [0.25, 0.3) is 0 Å². The first-order chi connectivity index (χ1) is 16.6. The largest absolute Gasteiger partial charge is 0.389 e. The summed E-state index contributed by atoms with van der Waals surface area (Å²) < 4.78 is 36.2. The van der Waals surface area contributed by atoms with Gasteiger partial charge in [-0.3, -0.25) is 14.4 Å². The molecule has 0 radical (unpaired) electrons. The van der Waals surface area contributed by atoms with Gasteiger partial charge in [0, 0.05) is 24.2 Å². The maximum absolute atomic E-state index is 12.4. The summed E-state index contributed by atoms with van der Waals surface area (Å²) in [6.07, 6.45) is 8.85. The fourth-order valence-corrected chi connectivity index (χ4v) is 4.20. The Bertz CT molecular complexity index is 746. The third-order valence-corrected chi connectivity index (χ3v) is 6.21. The van der Waals surface area contributed by atoms with Crippen molar-refractivity contribution in [3.05, 3.63) is 29.8 Å². The van der Waals surface area contributed by atoms with Crippen molar-refractivity contribution in [1.82, 2.24) is 0 Å². The Hall–Kier alpha value is -2.18. The molecule has 1 aromatic carbocycles. The minimum absolute atomic E-state index is 0.261. The topological polar surface area (TPSA) is 63.2 Å². The van der Waals surface area contributed by atoms with Crippen LogP contribution in [0.1, 0.15) is 114 Å². The van der Waals surface area contributed by atoms with Crippen LogP contribution in [0.4, 0.5) is 18.9 Å². The second kappa shape index (κ2) is 17.3. The SMILES string of the molecule is CC(=O)C(C(C)=O)C(=O)c1ccc(NCCCCCCCCCCCCCCCC(F)(F)F)cc1. The highest BCUT2D eigenvalue weighted by Crippen LogP contribution is 2.23. The number of hydrogen-bond acceptors (Lipinski definition) is 4. The third kappa shape index (κ3) is 14.7. The van der Waals surface area contributed by atoms with E-state index in [0.29, 0.717) is 12.0 Å². The van der Waals surface area contributed by atoms with Crippen LogP contribution in [0.15, 0.2) is 24.3 Å². The molecule has 0 aliphatic rings. The van der Waals surface area contributed by atoms with Crippen molar-refractivity contribution in [3.63, 3.8) is 0 Å². The molecule has 7 heteroatoms. The average Bonchev–Trinajstić information content (AvgIpc) is 2.78. The van der Waals surface area contributed by atoms with Crippen molar-refractivity contribution in [2.75, 3.05) is 11.9 Å². The highest BCUT2D eigenvalue weighted by atomic mass is 19.4. The number of alkyl halides is 3. The van der Waals surface area contributed by atoms with E-state index < -0.39 is 35.9 Å². The van der Waals surface area contributed by atoms with Crippen LogP contribution in [-0.2, 0) is 9.59 Å². The maximum atomic E-state index is 12.4. The van der Waals surface area contributed by atoms with Crippen LogP contribution in [0.5, 0.6) is 0 Å². The van der Waals surface area contributed by atoms with Crippen LogP contribution >= 0.6 is 0 Å². The molecule has 4 nitrogen and oxygen atoms in total. The van der Waals surface area contributed by atoms with Crippen molar-refractivity contribution in [3.8, 4) is 0 Å². The van der Waals surface area contributed by atoms with Crippen LogP contribution in [-0.4, -0.2) is 30.1 Å². The molecule has 0 heterocycles. The summed E-state index contributed by atoms with van der Waals surface area (Å²) in [5.74, 6) is -2.52. The number of nitrogens with one attached hydrogen (secondary N) is 1. The zero-order valence-corrected chi connectivity index (χ0v) is 21.4. The molecule has 0 aliphatic heterocycles. The number of hydrogen-bond donors (Lipinski definition) is 1. The van der Waals surface area contributed by atoms with E-state index in [1.807, 2.05) is 0 Å². The van der Waals surface area contributed by atoms with Gasteiger partial charge in [-0.05, 0) is 51.0 Å². The summed E-state index contributed by atoms with van der Waals surface area (Å²) in [5.41, 5.74) is 1.27. The molecule has 198 valence electrons. The third-order valence-electron chi connectivity index (χ3n) is 6.21. The van der Waals surface area contributed by atoms with Crippen molar-refractivity contribution < 1.29 is 27.6 Å². The first-order valence-electron chi connectivity index (χ1n) is 13.1. The second-order valence-corrected chi connectivity index (χ2v) is 9.48. The van der Waals surface area contributed by atoms with Crippen molar-refractivity contribution in [2.24, 2.45) is 5.92 Å². The fourth-order valence-electron chi connectivity index (χ4n) is 4.20. The normalized spacial score (nSPS) is 11.6. The van der Waals surface area contributed by atoms with Crippen LogP contribution in [0, 0.1) is 5.92 Å². The predicted octanol–water partition coefficient (Wildman–Crippen LogP) is 8.10. The molecule has 0 amide bonds. The highest BCUT2D eigenvalue weighted by molar-refractivity contribution is 6.23. The lowest BCUT2D eigenvalue weighted by Crippen LogP contribution is -2.28. The van der Waals surface area contributed by atoms with Gasteiger partial charge in [0.25, 0.3) is 0 Å². The zero-order chi connectivity index (χ0) is 26.1. The zero-order valence-electron chi connectivity index (χ0n) is 21.4. The average molecular weight is 498 g/mol. The molecule has 0 saturated heterocycles. The molecular formula is C28H42F3NO3. The van der Waals surface area contributed by atoms with Gasteiger partial charge in [0.1, 0.15) is 17.5 Å². The first-order valence-corrected chi connectivity index (χ1v) is 13.1. The first kappa shape index (κ1) is 30.9. The van der Waals surface area contributed by atoms with E-state index in [-0.39, 0.29) is 6.42 Å². The number of anilines is 1. The number of halogens is 3. The number of Topliss-reactive ketones (excluding diaryl/α,β-unsaturated/α-hetero) is 3. The molecule has 0 bridgehead atoms. The van der Waals surface area contributed by atoms with Gasteiger partial charge in [0.2, 0.25) is 0 Å². The summed E-state index contributed by atoms with van der Waals surface area (Å²) in [7, 11) is 0. The lowest BCUT2D eigenvalue weighted by Gasteiger charge is -2.10. The molecule has 1 rings (SSSR count). The van der Waals surface area contributed by atoms with Gasteiger partial charge in [0.05, 0.1) is 0 Å². The van der Waals surface area contributed by atoms with Gasteiger partial charge < -0.3 is 5.32 Å². The minimum Gasteiger partial charge on any atom is -0.385 e.